The van der Waals surface area contributed by atoms with Crippen LogP contribution in [0.5, 0.6) is 0 Å². The molecule has 0 saturated carbocycles. The number of imidazole rings is 1. The Kier molecular flexibility index (Phi) is 6.39. The largest absolute Gasteiger partial charge is 0.349 e. The molecule has 1 aromatic heterocycles. The normalized spacial score (nSPS) is 13.6. The number of carbonyl (C=O) groups excluding carboxylic acids is 1. The van der Waals surface area contributed by atoms with Crippen molar-refractivity contribution in [1.29, 1.82) is 0 Å². The number of aromatic nitrogens is 2. The molecule has 0 bridgehead atoms. The number of rotatable bonds is 7. The first-order valence-electron chi connectivity index (χ1n) is 9.53. The van der Waals surface area contributed by atoms with Gasteiger partial charge in [0.2, 0.25) is 5.91 Å². The molecule has 0 unspecified atom stereocenters. The number of hydrogen-bond acceptors (Lipinski definition) is 3. The quantitative estimate of drug-likeness (QED) is 0.556. The van der Waals surface area contributed by atoms with Crippen LogP contribution in [0, 0.1) is 11.7 Å². The van der Waals surface area contributed by atoms with Crippen molar-refractivity contribution in [3.8, 4) is 0 Å². The molecule has 3 aromatic rings. The van der Waals surface area contributed by atoms with E-state index < -0.39 is 0 Å². The number of nitrogens with one attached hydrogen (secondary N) is 1. The second-order valence-corrected chi connectivity index (χ2v) is 8.74. The van der Waals surface area contributed by atoms with Gasteiger partial charge in [0.05, 0.1) is 22.3 Å². The summed E-state index contributed by atoms with van der Waals surface area (Å²) in [4.78, 5) is 17.4. The van der Waals surface area contributed by atoms with Crippen LogP contribution in [-0.4, -0.2) is 20.7 Å². The summed E-state index contributed by atoms with van der Waals surface area (Å²) < 4.78 is 15.3. The molecule has 0 aliphatic carbocycles. The minimum Gasteiger partial charge on any atom is -0.349 e. The topological polar surface area (TPSA) is 46.9 Å². The zero-order valence-corrected chi connectivity index (χ0v) is 17.5. The van der Waals surface area contributed by atoms with Crippen molar-refractivity contribution in [2.45, 2.75) is 50.7 Å². The fourth-order valence-corrected chi connectivity index (χ4v) is 4.00. The first-order valence-corrected chi connectivity index (χ1v) is 10.4. The second-order valence-electron chi connectivity index (χ2n) is 7.43. The van der Waals surface area contributed by atoms with Crippen molar-refractivity contribution >= 4 is 28.7 Å². The summed E-state index contributed by atoms with van der Waals surface area (Å²) in [7, 11) is 0. The molecule has 4 nitrogen and oxygen atoms in total. The minimum atomic E-state index is -0.300. The number of thioether (sulfide) groups is 1. The smallest absolute Gasteiger partial charge is 0.233 e. The molecule has 0 aliphatic rings. The van der Waals surface area contributed by atoms with E-state index in [0.29, 0.717) is 5.92 Å². The van der Waals surface area contributed by atoms with Crippen LogP contribution in [0.1, 0.15) is 39.3 Å². The number of amides is 1. The first-order chi connectivity index (χ1) is 13.3. The highest BCUT2D eigenvalue weighted by Gasteiger charge is 2.21. The monoisotopic (exact) mass is 399 g/mol. The standard InChI is InChI=1S/C22H26FN3OS/c1-14(2)13-26-20-8-6-5-7-19(20)25-22(26)28-16(4)21(27)24-15(3)17-9-11-18(23)12-10-17/h5-12,14-16H,13H2,1-4H3,(H,24,27)/t15-,16-/m1/s1. The average molecular weight is 400 g/mol. The molecule has 0 aliphatic heterocycles. The Hall–Kier alpha value is -2.34. The van der Waals surface area contributed by atoms with Gasteiger partial charge in [-0.2, -0.15) is 0 Å². The Bertz CT molecular complexity index is 952. The highest BCUT2D eigenvalue weighted by atomic mass is 32.2. The highest BCUT2D eigenvalue weighted by molar-refractivity contribution is 8.00. The van der Waals surface area contributed by atoms with Gasteiger partial charge in [-0.25, -0.2) is 9.37 Å². The van der Waals surface area contributed by atoms with Crippen LogP contribution >= 0.6 is 11.8 Å². The first kappa shape index (κ1) is 20.4. The predicted octanol–water partition coefficient (Wildman–Crippen LogP) is 5.19. The Balaban J connectivity index is 1.73. The maximum absolute atomic E-state index is 13.1. The zero-order valence-electron chi connectivity index (χ0n) is 16.6. The van der Waals surface area contributed by atoms with Crippen LogP contribution < -0.4 is 5.32 Å². The summed E-state index contributed by atoms with van der Waals surface area (Å²) in [5, 5.41) is 3.56. The molecule has 0 fully saturated rings. The predicted molar refractivity (Wildman–Crippen MR) is 113 cm³/mol. The molecule has 148 valence electrons. The van der Waals surface area contributed by atoms with Gasteiger partial charge in [0.25, 0.3) is 0 Å². The number of halogens is 1. The summed E-state index contributed by atoms with van der Waals surface area (Å²) in [6.45, 7) is 8.98. The van der Waals surface area contributed by atoms with Crippen LogP contribution in [0.15, 0.2) is 53.7 Å². The summed E-state index contributed by atoms with van der Waals surface area (Å²) >= 11 is 1.47. The lowest BCUT2D eigenvalue weighted by atomic mass is 10.1. The van der Waals surface area contributed by atoms with E-state index in [4.69, 9.17) is 4.98 Å². The third kappa shape index (κ3) is 4.73. The second kappa shape index (κ2) is 8.78. The Morgan fingerprint density at radius 3 is 2.46 bits per heavy atom. The molecule has 3 rings (SSSR count). The Labute approximate surface area is 169 Å². The van der Waals surface area contributed by atoms with E-state index in [0.717, 1.165) is 28.3 Å². The van der Waals surface area contributed by atoms with E-state index in [-0.39, 0.29) is 23.0 Å². The number of para-hydroxylation sites is 2. The molecular weight excluding hydrogens is 373 g/mol. The van der Waals surface area contributed by atoms with Crippen molar-refractivity contribution < 1.29 is 9.18 Å². The van der Waals surface area contributed by atoms with Crippen molar-refractivity contribution in [2.24, 2.45) is 5.92 Å². The SMILES string of the molecule is CC(C)Cn1c(S[C@H](C)C(=O)N[C@H](C)c2ccc(F)cc2)nc2ccccc21. The third-order valence-corrected chi connectivity index (χ3v) is 5.64. The molecule has 6 heteroatoms. The molecule has 0 spiro atoms. The van der Waals surface area contributed by atoms with Crippen LogP contribution in [0.25, 0.3) is 11.0 Å². The van der Waals surface area contributed by atoms with Crippen LogP contribution in [0.3, 0.4) is 0 Å². The van der Waals surface area contributed by atoms with Crippen molar-refractivity contribution in [3.63, 3.8) is 0 Å². The molecular formula is C22H26FN3OS. The van der Waals surface area contributed by atoms with Crippen molar-refractivity contribution in [1.82, 2.24) is 14.9 Å². The van der Waals surface area contributed by atoms with Gasteiger partial charge in [-0.15, -0.1) is 0 Å². The van der Waals surface area contributed by atoms with Crippen LogP contribution in [0.2, 0.25) is 0 Å². The lowest BCUT2D eigenvalue weighted by Crippen LogP contribution is -2.33. The number of carbonyl (C=O) groups is 1. The molecule has 1 amide bonds. The number of benzene rings is 2. The van der Waals surface area contributed by atoms with Crippen molar-refractivity contribution in [2.75, 3.05) is 0 Å². The fraction of sp³-hybridized carbons (Fsp3) is 0.364. The third-order valence-electron chi connectivity index (χ3n) is 4.55. The maximum Gasteiger partial charge on any atom is 0.233 e. The molecule has 2 aromatic carbocycles. The van der Waals surface area contributed by atoms with Gasteiger partial charge in [0.15, 0.2) is 5.16 Å². The van der Waals surface area contributed by atoms with Gasteiger partial charge in [0, 0.05) is 6.54 Å². The molecule has 1 heterocycles. The molecule has 1 N–H and O–H groups in total. The number of hydrogen-bond donors (Lipinski definition) is 1. The molecule has 0 radical (unpaired) electrons. The van der Waals surface area contributed by atoms with Gasteiger partial charge in [-0.3, -0.25) is 4.79 Å². The zero-order chi connectivity index (χ0) is 20.3. The Morgan fingerprint density at radius 2 is 1.79 bits per heavy atom. The number of nitrogens with zero attached hydrogens (tertiary/aromatic N) is 2. The van der Waals surface area contributed by atoms with E-state index >= 15 is 0 Å². The lowest BCUT2D eigenvalue weighted by molar-refractivity contribution is -0.120. The fourth-order valence-electron chi connectivity index (χ4n) is 3.06. The van der Waals surface area contributed by atoms with Crippen LogP contribution in [0.4, 0.5) is 4.39 Å². The van der Waals surface area contributed by atoms with Gasteiger partial charge in [0.1, 0.15) is 5.82 Å². The minimum absolute atomic E-state index is 0.0648. The van der Waals surface area contributed by atoms with Crippen molar-refractivity contribution in [3.05, 3.63) is 59.9 Å². The van der Waals surface area contributed by atoms with E-state index in [2.05, 4.69) is 29.8 Å². The van der Waals surface area contributed by atoms with E-state index in [1.165, 1.54) is 23.9 Å². The summed E-state index contributed by atoms with van der Waals surface area (Å²) in [6.07, 6.45) is 0. The molecule has 2 atom stereocenters. The summed E-state index contributed by atoms with van der Waals surface area (Å²) in [5.41, 5.74) is 2.91. The lowest BCUT2D eigenvalue weighted by Gasteiger charge is -2.18. The molecule has 28 heavy (non-hydrogen) atoms. The summed E-state index contributed by atoms with van der Waals surface area (Å²) in [6, 6.07) is 14.1. The maximum atomic E-state index is 13.1. The van der Waals surface area contributed by atoms with Crippen LogP contribution in [-0.2, 0) is 11.3 Å². The summed E-state index contributed by atoms with van der Waals surface area (Å²) in [5.74, 6) is 0.125. The van der Waals surface area contributed by atoms with Gasteiger partial charge in [-0.05, 0) is 49.6 Å². The van der Waals surface area contributed by atoms with E-state index in [9.17, 15) is 9.18 Å². The highest BCUT2D eigenvalue weighted by Crippen LogP contribution is 2.28. The van der Waals surface area contributed by atoms with Gasteiger partial charge in [-0.1, -0.05) is 49.9 Å². The van der Waals surface area contributed by atoms with Gasteiger partial charge >= 0.3 is 0 Å². The Morgan fingerprint density at radius 1 is 1.11 bits per heavy atom. The van der Waals surface area contributed by atoms with E-state index in [1.807, 2.05) is 32.0 Å². The number of fused-ring (bicyclic) bond motifs is 1. The molecule has 0 saturated heterocycles. The van der Waals surface area contributed by atoms with Gasteiger partial charge < -0.3 is 9.88 Å². The average Bonchev–Trinajstić information content (AvgIpc) is 2.99. The van der Waals surface area contributed by atoms with E-state index in [1.54, 1.807) is 12.1 Å².